The number of fused-ring (bicyclic) bond motifs is 2. The van der Waals surface area contributed by atoms with E-state index >= 15 is 0 Å². The zero-order valence-electron chi connectivity index (χ0n) is 11.1. The lowest BCUT2D eigenvalue weighted by molar-refractivity contribution is 0.0946. The fraction of sp³-hybridized carbons (Fsp3) is 0.562. The largest absolute Gasteiger partial charge is 0.352 e. The van der Waals surface area contributed by atoms with Crippen molar-refractivity contribution in [2.75, 3.05) is 6.54 Å². The topological polar surface area (TPSA) is 55.1 Å². The Labute approximate surface area is 113 Å². The van der Waals surface area contributed by atoms with Gasteiger partial charge >= 0.3 is 0 Å². The van der Waals surface area contributed by atoms with Gasteiger partial charge in [0.1, 0.15) is 0 Å². The Morgan fingerprint density at radius 3 is 2.79 bits per heavy atom. The number of amides is 1. The summed E-state index contributed by atoms with van der Waals surface area (Å²) in [5.41, 5.74) is 9.57. The highest BCUT2D eigenvalue weighted by Gasteiger charge is 2.47. The third kappa shape index (κ3) is 1.88. The quantitative estimate of drug-likeness (QED) is 0.850. The van der Waals surface area contributed by atoms with Gasteiger partial charge < -0.3 is 11.1 Å². The van der Waals surface area contributed by atoms with E-state index in [1.165, 1.54) is 19.3 Å². The number of nitrogens with one attached hydrogen (secondary N) is 1. The summed E-state index contributed by atoms with van der Waals surface area (Å²) in [6.45, 7) is 0.753. The molecule has 3 heteroatoms. The van der Waals surface area contributed by atoms with Crippen LogP contribution in [0.3, 0.4) is 0 Å². The molecule has 3 aliphatic rings. The van der Waals surface area contributed by atoms with Crippen LogP contribution in [-0.4, -0.2) is 12.5 Å². The lowest BCUT2D eigenvalue weighted by Crippen LogP contribution is -2.32. The number of rotatable bonds is 2. The minimum absolute atomic E-state index is 0.0598. The van der Waals surface area contributed by atoms with Crippen LogP contribution in [0, 0.1) is 17.8 Å². The second kappa shape index (κ2) is 4.07. The number of carbonyl (C=O) groups is 1. The van der Waals surface area contributed by atoms with E-state index < -0.39 is 0 Å². The first-order valence-electron chi connectivity index (χ1n) is 7.39. The minimum Gasteiger partial charge on any atom is -0.352 e. The van der Waals surface area contributed by atoms with E-state index in [2.05, 4.69) is 17.4 Å². The zero-order valence-corrected chi connectivity index (χ0v) is 11.1. The average molecular weight is 256 g/mol. The van der Waals surface area contributed by atoms with Gasteiger partial charge in [0.2, 0.25) is 0 Å². The van der Waals surface area contributed by atoms with Gasteiger partial charge in [-0.15, -0.1) is 0 Å². The Bertz CT molecular complexity index is 530. The Morgan fingerprint density at radius 1 is 1.21 bits per heavy atom. The molecule has 1 aromatic carbocycles. The Morgan fingerprint density at radius 2 is 2.00 bits per heavy atom. The summed E-state index contributed by atoms with van der Waals surface area (Å²) >= 11 is 0. The fourth-order valence-corrected chi connectivity index (χ4v) is 3.96. The Hall–Kier alpha value is -1.35. The van der Waals surface area contributed by atoms with Crippen molar-refractivity contribution in [3.8, 4) is 0 Å². The van der Waals surface area contributed by atoms with Gasteiger partial charge in [0, 0.05) is 18.2 Å². The van der Waals surface area contributed by atoms with Crippen LogP contribution in [0.2, 0.25) is 0 Å². The van der Waals surface area contributed by atoms with E-state index in [0.717, 1.165) is 41.5 Å². The molecule has 0 spiro atoms. The van der Waals surface area contributed by atoms with E-state index in [9.17, 15) is 4.79 Å². The summed E-state index contributed by atoms with van der Waals surface area (Å²) in [5, 5.41) is 2.91. The molecule has 1 aliphatic heterocycles. The maximum absolute atomic E-state index is 11.9. The summed E-state index contributed by atoms with van der Waals surface area (Å²) in [6, 6.07) is 6.36. The van der Waals surface area contributed by atoms with Crippen molar-refractivity contribution >= 4 is 5.91 Å². The van der Waals surface area contributed by atoms with E-state index in [1.807, 2.05) is 6.07 Å². The van der Waals surface area contributed by atoms with Crippen molar-refractivity contribution in [2.24, 2.45) is 23.5 Å². The zero-order chi connectivity index (χ0) is 13.0. The summed E-state index contributed by atoms with van der Waals surface area (Å²) in [7, 11) is 0. The lowest BCUT2D eigenvalue weighted by Gasteiger charge is -2.23. The molecule has 3 unspecified atom stereocenters. The monoisotopic (exact) mass is 256 g/mol. The molecular weight excluding hydrogens is 236 g/mol. The Kier molecular flexibility index (Phi) is 2.46. The average Bonchev–Trinajstić information content (AvgIpc) is 3.05. The predicted molar refractivity (Wildman–Crippen MR) is 73.7 cm³/mol. The summed E-state index contributed by atoms with van der Waals surface area (Å²) in [6.07, 6.45) is 4.93. The van der Waals surface area contributed by atoms with Crippen LogP contribution < -0.4 is 11.1 Å². The maximum atomic E-state index is 11.9. The molecule has 100 valence electrons. The molecule has 4 rings (SSSR count). The molecule has 3 nitrogen and oxygen atoms in total. The first-order chi connectivity index (χ1) is 9.22. The SMILES string of the molecule is NC(c1ccc2c(c1)C(=O)NCC2)C1CC2CC2C1. The highest BCUT2D eigenvalue weighted by atomic mass is 16.1. The van der Waals surface area contributed by atoms with Crippen LogP contribution in [0.5, 0.6) is 0 Å². The maximum Gasteiger partial charge on any atom is 0.251 e. The number of nitrogens with two attached hydrogens (primary N) is 1. The van der Waals surface area contributed by atoms with Crippen molar-refractivity contribution < 1.29 is 4.79 Å². The van der Waals surface area contributed by atoms with Crippen molar-refractivity contribution in [3.63, 3.8) is 0 Å². The van der Waals surface area contributed by atoms with Gasteiger partial charge in [-0.2, -0.15) is 0 Å². The molecule has 0 radical (unpaired) electrons. The predicted octanol–water partition coefficient (Wildman–Crippen LogP) is 2.02. The van der Waals surface area contributed by atoms with Crippen molar-refractivity contribution in [1.82, 2.24) is 5.32 Å². The van der Waals surface area contributed by atoms with Crippen LogP contribution in [0.4, 0.5) is 0 Å². The molecule has 3 atom stereocenters. The Balaban J connectivity index is 1.60. The first kappa shape index (κ1) is 11.5. The number of hydrogen-bond acceptors (Lipinski definition) is 2. The van der Waals surface area contributed by atoms with Crippen LogP contribution >= 0.6 is 0 Å². The molecule has 0 aromatic heterocycles. The standard InChI is InChI=1S/C16H20N2O/c17-15(13-6-11-5-12(11)7-13)10-2-1-9-3-4-18-16(19)14(9)8-10/h1-2,8,11-13,15H,3-7,17H2,(H,18,19). The van der Waals surface area contributed by atoms with Crippen LogP contribution in [0.1, 0.15) is 46.8 Å². The van der Waals surface area contributed by atoms with Crippen molar-refractivity contribution in [1.29, 1.82) is 0 Å². The van der Waals surface area contributed by atoms with E-state index in [4.69, 9.17) is 5.73 Å². The summed E-state index contributed by atoms with van der Waals surface area (Å²) in [4.78, 5) is 11.9. The van der Waals surface area contributed by atoms with Crippen LogP contribution in [0.15, 0.2) is 18.2 Å². The van der Waals surface area contributed by atoms with Gasteiger partial charge in [0.25, 0.3) is 5.91 Å². The van der Waals surface area contributed by atoms with Gasteiger partial charge in [-0.05, 0) is 60.6 Å². The third-order valence-corrected chi connectivity index (χ3v) is 5.23. The van der Waals surface area contributed by atoms with Gasteiger partial charge in [-0.3, -0.25) is 4.79 Å². The number of benzene rings is 1. The molecule has 2 aliphatic carbocycles. The molecule has 1 aromatic rings. The molecule has 1 amide bonds. The van der Waals surface area contributed by atoms with Crippen molar-refractivity contribution in [2.45, 2.75) is 31.7 Å². The fourth-order valence-electron chi connectivity index (χ4n) is 3.96. The van der Waals surface area contributed by atoms with Gasteiger partial charge in [0.15, 0.2) is 0 Å². The normalized spacial score (nSPS) is 33.3. The van der Waals surface area contributed by atoms with Crippen molar-refractivity contribution in [3.05, 3.63) is 34.9 Å². The molecule has 3 N–H and O–H groups in total. The molecule has 0 saturated heterocycles. The molecule has 2 fully saturated rings. The van der Waals surface area contributed by atoms with Crippen LogP contribution in [0.25, 0.3) is 0 Å². The number of hydrogen-bond donors (Lipinski definition) is 2. The summed E-state index contributed by atoms with van der Waals surface area (Å²) in [5.74, 6) is 2.59. The molecule has 19 heavy (non-hydrogen) atoms. The van der Waals surface area contributed by atoms with Gasteiger partial charge in [0.05, 0.1) is 0 Å². The third-order valence-electron chi connectivity index (χ3n) is 5.23. The molecule has 1 heterocycles. The highest BCUT2D eigenvalue weighted by Crippen LogP contribution is 2.56. The van der Waals surface area contributed by atoms with E-state index in [0.29, 0.717) is 5.92 Å². The van der Waals surface area contributed by atoms with E-state index in [1.54, 1.807) is 0 Å². The van der Waals surface area contributed by atoms with E-state index in [-0.39, 0.29) is 11.9 Å². The second-order valence-corrected chi connectivity index (χ2v) is 6.44. The smallest absolute Gasteiger partial charge is 0.251 e. The molecular formula is C16H20N2O. The summed E-state index contributed by atoms with van der Waals surface area (Å²) < 4.78 is 0. The lowest BCUT2D eigenvalue weighted by atomic mass is 9.87. The molecule has 2 saturated carbocycles. The van der Waals surface area contributed by atoms with Gasteiger partial charge in [-0.1, -0.05) is 12.1 Å². The van der Waals surface area contributed by atoms with Gasteiger partial charge in [-0.25, -0.2) is 0 Å². The minimum atomic E-state index is 0.0598. The van der Waals surface area contributed by atoms with Crippen LogP contribution in [-0.2, 0) is 6.42 Å². The second-order valence-electron chi connectivity index (χ2n) is 6.44. The molecule has 0 bridgehead atoms. The number of carbonyl (C=O) groups excluding carboxylic acids is 1. The highest BCUT2D eigenvalue weighted by molar-refractivity contribution is 5.96. The first-order valence-corrected chi connectivity index (χ1v) is 7.39.